The second-order valence-corrected chi connectivity index (χ2v) is 5.91. The molecule has 2 rings (SSSR count). The number of piperidine rings is 1. The van der Waals surface area contributed by atoms with E-state index in [9.17, 15) is 9.59 Å². The summed E-state index contributed by atoms with van der Waals surface area (Å²) in [5.41, 5.74) is 0. The van der Waals surface area contributed by atoms with Gasteiger partial charge in [0, 0.05) is 13.1 Å². The summed E-state index contributed by atoms with van der Waals surface area (Å²) >= 11 is 0. The van der Waals surface area contributed by atoms with Crippen LogP contribution >= 0.6 is 0 Å². The molecule has 2 heterocycles. The highest BCUT2D eigenvalue weighted by molar-refractivity contribution is 5.96. The normalized spacial score (nSPS) is 33.4. The van der Waals surface area contributed by atoms with Crippen molar-refractivity contribution in [2.24, 2.45) is 5.92 Å². The van der Waals surface area contributed by atoms with Crippen LogP contribution < -0.4 is 5.32 Å². The number of likely N-dealkylation sites (tertiary alicyclic amines) is 1. The Morgan fingerprint density at radius 1 is 1.37 bits per heavy atom. The minimum Gasteiger partial charge on any atom is -0.343 e. The van der Waals surface area contributed by atoms with Gasteiger partial charge in [0.15, 0.2) is 0 Å². The van der Waals surface area contributed by atoms with Gasteiger partial charge in [-0.2, -0.15) is 0 Å². The first-order chi connectivity index (χ1) is 9.02. The van der Waals surface area contributed by atoms with E-state index in [0.29, 0.717) is 18.9 Å². The number of hydrogen-bond acceptors (Lipinski definition) is 3. The number of hydrogen-bond donors (Lipinski definition) is 1. The fourth-order valence-corrected chi connectivity index (χ4v) is 3.11. The molecule has 0 saturated carbocycles. The Morgan fingerprint density at radius 2 is 2.11 bits per heavy atom. The largest absolute Gasteiger partial charge is 0.343 e. The van der Waals surface area contributed by atoms with Crippen LogP contribution in [-0.2, 0) is 9.59 Å². The third-order valence-electron chi connectivity index (χ3n) is 4.33. The van der Waals surface area contributed by atoms with E-state index in [0.717, 1.165) is 19.5 Å². The van der Waals surface area contributed by atoms with Crippen molar-refractivity contribution >= 4 is 11.8 Å². The Balaban J connectivity index is 2.03. The molecule has 3 unspecified atom stereocenters. The van der Waals surface area contributed by atoms with Gasteiger partial charge in [-0.3, -0.25) is 9.59 Å². The molecule has 0 aromatic heterocycles. The van der Waals surface area contributed by atoms with E-state index in [-0.39, 0.29) is 23.9 Å². The zero-order valence-corrected chi connectivity index (χ0v) is 12.2. The molecule has 2 aliphatic rings. The molecule has 19 heavy (non-hydrogen) atoms. The Kier molecular flexibility index (Phi) is 4.45. The molecule has 3 atom stereocenters. The van der Waals surface area contributed by atoms with Gasteiger partial charge in [-0.1, -0.05) is 6.92 Å². The molecule has 5 nitrogen and oxygen atoms in total. The molecule has 0 aromatic rings. The lowest BCUT2D eigenvalue weighted by molar-refractivity contribution is -0.149. The van der Waals surface area contributed by atoms with Crippen LogP contribution in [0.1, 0.15) is 33.1 Å². The number of amides is 2. The summed E-state index contributed by atoms with van der Waals surface area (Å²) in [6, 6.07) is -0.660. The molecule has 1 N–H and O–H groups in total. The first-order valence-corrected chi connectivity index (χ1v) is 7.32. The van der Waals surface area contributed by atoms with Crippen molar-refractivity contribution in [2.75, 3.05) is 26.7 Å². The molecule has 2 fully saturated rings. The zero-order valence-electron chi connectivity index (χ0n) is 12.2. The third-order valence-corrected chi connectivity index (χ3v) is 4.33. The lowest BCUT2D eigenvalue weighted by Gasteiger charge is -2.40. The summed E-state index contributed by atoms with van der Waals surface area (Å²) in [6.07, 6.45) is 3.00. The van der Waals surface area contributed by atoms with Crippen LogP contribution in [-0.4, -0.2) is 60.4 Å². The van der Waals surface area contributed by atoms with Gasteiger partial charge >= 0.3 is 0 Å². The van der Waals surface area contributed by atoms with Gasteiger partial charge in [0.1, 0.15) is 12.1 Å². The van der Waals surface area contributed by atoms with Crippen LogP contribution in [0.25, 0.3) is 0 Å². The van der Waals surface area contributed by atoms with E-state index < -0.39 is 0 Å². The Labute approximate surface area is 115 Å². The highest BCUT2D eigenvalue weighted by Crippen LogP contribution is 2.20. The zero-order chi connectivity index (χ0) is 14.0. The highest BCUT2D eigenvalue weighted by atomic mass is 16.2. The first kappa shape index (κ1) is 14.3. The predicted molar refractivity (Wildman–Crippen MR) is 73.6 cm³/mol. The number of nitrogens with one attached hydrogen (secondary N) is 1. The predicted octanol–water partition coefficient (Wildman–Crippen LogP) is 0.454. The maximum atomic E-state index is 12.4. The number of rotatable bonds is 3. The standard InChI is InChI=1S/C14H25N3O2/c1-4-12-14(19)17(10(2)13(18)15-12)9-11-6-5-7-16(3)8-11/h10-12H,4-9H2,1-3H3,(H,15,18). The van der Waals surface area contributed by atoms with E-state index in [4.69, 9.17) is 0 Å². The fourth-order valence-electron chi connectivity index (χ4n) is 3.11. The molecular formula is C14H25N3O2. The van der Waals surface area contributed by atoms with Gasteiger partial charge in [-0.15, -0.1) is 0 Å². The Hall–Kier alpha value is -1.10. The summed E-state index contributed by atoms with van der Waals surface area (Å²) < 4.78 is 0. The average molecular weight is 267 g/mol. The van der Waals surface area contributed by atoms with Gasteiger partial charge in [0.2, 0.25) is 11.8 Å². The van der Waals surface area contributed by atoms with Crippen molar-refractivity contribution in [3.05, 3.63) is 0 Å². The fraction of sp³-hybridized carbons (Fsp3) is 0.857. The number of carbonyl (C=O) groups is 2. The summed E-state index contributed by atoms with van der Waals surface area (Å²) in [5, 5.41) is 2.80. The smallest absolute Gasteiger partial charge is 0.245 e. The maximum Gasteiger partial charge on any atom is 0.245 e. The Morgan fingerprint density at radius 3 is 2.74 bits per heavy atom. The molecule has 5 heteroatoms. The minimum atomic E-state index is -0.331. The molecule has 2 aliphatic heterocycles. The molecule has 0 bridgehead atoms. The van der Waals surface area contributed by atoms with Crippen LogP contribution in [0.15, 0.2) is 0 Å². The van der Waals surface area contributed by atoms with Gasteiger partial charge in [-0.25, -0.2) is 0 Å². The molecule has 0 radical (unpaired) electrons. The minimum absolute atomic E-state index is 0.0179. The van der Waals surface area contributed by atoms with Crippen LogP contribution in [0.5, 0.6) is 0 Å². The van der Waals surface area contributed by atoms with Gasteiger partial charge < -0.3 is 15.1 Å². The summed E-state index contributed by atoms with van der Waals surface area (Å²) in [5.74, 6) is 0.562. The molecule has 0 aromatic carbocycles. The van der Waals surface area contributed by atoms with Gasteiger partial charge in [-0.05, 0) is 45.7 Å². The van der Waals surface area contributed by atoms with E-state index in [2.05, 4.69) is 17.3 Å². The van der Waals surface area contributed by atoms with Crippen LogP contribution in [0.2, 0.25) is 0 Å². The Bertz CT molecular complexity index is 359. The van der Waals surface area contributed by atoms with E-state index >= 15 is 0 Å². The molecule has 2 saturated heterocycles. The second-order valence-electron chi connectivity index (χ2n) is 5.91. The van der Waals surface area contributed by atoms with Crippen molar-refractivity contribution in [1.82, 2.24) is 15.1 Å². The number of carbonyl (C=O) groups excluding carboxylic acids is 2. The summed E-state index contributed by atoms with van der Waals surface area (Å²) in [7, 11) is 2.12. The molecule has 0 aliphatic carbocycles. The lowest BCUT2D eigenvalue weighted by atomic mass is 9.95. The van der Waals surface area contributed by atoms with E-state index in [1.54, 1.807) is 4.90 Å². The van der Waals surface area contributed by atoms with Crippen LogP contribution in [0.3, 0.4) is 0 Å². The van der Waals surface area contributed by atoms with Crippen LogP contribution in [0.4, 0.5) is 0 Å². The van der Waals surface area contributed by atoms with E-state index in [1.807, 2.05) is 13.8 Å². The summed E-state index contributed by atoms with van der Waals surface area (Å²) in [6.45, 7) is 6.64. The van der Waals surface area contributed by atoms with Crippen molar-refractivity contribution in [3.8, 4) is 0 Å². The van der Waals surface area contributed by atoms with Crippen LogP contribution in [0, 0.1) is 5.92 Å². The van der Waals surface area contributed by atoms with E-state index in [1.165, 1.54) is 6.42 Å². The summed E-state index contributed by atoms with van der Waals surface area (Å²) in [4.78, 5) is 28.4. The molecule has 0 spiro atoms. The van der Waals surface area contributed by atoms with Crippen molar-refractivity contribution in [1.29, 1.82) is 0 Å². The molecular weight excluding hydrogens is 242 g/mol. The van der Waals surface area contributed by atoms with Gasteiger partial charge in [0.25, 0.3) is 0 Å². The topological polar surface area (TPSA) is 52.7 Å². The second kappa shape index (κ2) is 5.90. The molecule has 108 valence electrons. The number of nitrogens with zero attached hydrogens (tertiary/aromatic N) is 2. The SMILES string of the molecule is CCC1NC(=O)C(C)N(CC2CCCN(C)C2)C1=O. The first-order valence-electron chi connectivity index (χ1n) is 7.32. The van der Waals surface area contributed by atoms with Crippen molar-refractivity contribution in [3.63, 3.8) is 0 Å². The highest BCUT2D eigenvalue weighted by Gasteiger charge is 2.38. The lowest BCUT2D eigenvalue weighted by Crippen LogP contribution is -2.63. The van der Waals surface area contributed by atoms with Crippen molar-refractivity contribution < 1.29 is 9.59 Å². The monoisotopic (exact) mass is 267 g/mol. The van der Waals surface area contributed by atoms with Crippen molar-refractivity contribution in [2.45, 2.75) is 45.2 Å². The molecule has 2 amide bonds. The van der Waals surface area contributed by atoms with Gasteiger partial charge in [0.05, 0.1) is 0 Å². The third kappa shape index (κ3) is 3.08. The quantitative estimate of drug-likeness (QED) is 0.808. The average Bonchev–Trinajstić information content (AvgIpc) is 2.39. The number of piperazine rings is 1. The maximum absolute atomic E-state index is 12.4.